The monoisotopic (exact) mass is 257 g/mol. The quantitative estimate of drug-likeness (QED) is 0.882. The first kappa shape index (κ1) is 13.6. The summed E-state index contributed by atoms with van der Waals surface area (Å²) in [5.41, 5.74) is 6.90. The smallest absolute Gasteiger partial charge is 0.246 e. The van der Waals surface area contributed by atoms with Crippen LogP contribution < -0.4 is 10.6 Å². The molecule has 4 heteroatoms. The average molecular weight is 257 g/mol. The van der Waals surface area contributed by atoms with E-state index in [1.54, 1.807) is 36.2 Å². The lowest BCUT2D eigenvalue weighted by Crippen LogP contribution is -2.55. The fourth-order valence-electron chi connectivity index (χ4n) is 2.61. The lowest BCUT2D eigenvalue weighted by molar-refractivity contribution is -0.124. The van der Waals surface area contributed by atoms with Gasteiger partial charge in [-0.05, 0) is 37.1 Å². The summed E-state index contributed by atoms with van der Waals surface area (Å²) in [5.74, 6) is -0.0306. The molecule has 4 nitrogen and oxygen atoms in total. The molecular weight excluding hydrogens is 238 g/mol. The Balaban J connectivity index is 2.16. The maximum atomic E-state index is 12.5. The molecule has 0 atom stereocenters. The van der Waals surface area contributed by atoms with Gasteiger partial charge in [-0.25, -0.2) is 0 Å². The summed E-state index contributed by atoms with van der Waals surface area (Å²) in [6.45, 7) is 0. The summed E-state index contributed by atoms with van der Waals surface area (Å²) in [4.78, 5) is 14.1. The van der Waals surface area contributed by atoms with E-state index in [0.717, 1.165) is 37.8 Å². The number of nitriles is 1. The zero-order valence-electron chi connectivity index (χ0n) is 11.2. The van der Waals surface area contributed by atoms with Crippen LogP contribution in [0.2, 0.25) is 0 Å². The molecule has 1 aromatic carbocycles. The molecule has 0 aliphatic heterocycles. The van der Waals surface area contributed by atoms with Crippen LogP contribution >= 0.6 is 0 Å². The van der Waals surface area contributed by atoms with Crippen molar-refractivity contribution in [3.8, 4) is 6.07 Å². The van der Waals surface area contributed by atoms with Gasteiger partial charge >= 0.3 is 0 Å². The molecule has 1 fully saturated rings. The Morgan fingerprint density at radius 2 is 1.84 bits per heavy atom. The van der Waals surface area contributed by atoms with E-state index in [0.29, 0.717) is 5.56 Å². The van der Waals surface area contributed by atoms with Crippen molar-refractivity contribution in [1.82, 2.24) is 0 Å². The Kier molecular flexibility index (Phi) is 3.87. The highest BCUT2D eigenvalue weighted by Gasteiger charge is 2.37. The Bertz CT molecular complexity index is 495. The minimum Gasteiger partial charge on any atom is -0.317 e. The maximum Gasteiger partial charge on any atom is 0.246 e. The van der Waals surface area contributed by atoms with Crippen molar-refractivity contribution in [3.05, 3.63) is 29.8 Å². The third-order valence-corrected chi connectivity index (χ3v) is 3.86. The molecule has 0 aromatic heterocycles. The van der Waals surface area contributed by atoms with E-state index in [9.17, 15) is 4.79 Å². The minimum atomic E-state index is -0.721. The lowest BCUT2D eigenvalue weighted by atomic mass is 9.81. The Morgan fingerprint density at radius 1 is 1.26 bits per heavy atom. The summed E-state index contributed by atoms with van der Waals surface area (Å²) in [5, 5.41) is 8.77. The molecule has 19 heavy (non-hydrogen) atoms. The van der Waals surface area contributed by atoms with Gasteiger partial charge in [-0.15, -0.1) is 0 Å². The number of rotatable bonds is 2. The van der Waals surface area contributed by atoms with Crippen molar-refractivity contribution < 1.29 is 4.79 Å². The van der Waals surface area contributed by atoms with Crippen LogP contribution in [-0.4, -0.2) is 18.5 Å². The number of benzene rings is 1. The van der Waals surface area contributed by atoms with E-state index in [-0.39, 0.29) is 5.91 Å². The van der Waals surface area contributed by atoms with Crippen molar-refractivity contribution in [2.24, 2.45) is 5.73 Å². The van der Waals surface area contributed by atoms with E-state index in [1.165, 1.54) is 0 Å². The van der Waals surface area contributed by atoms with Crippen LogP contribution in [0.1, 0.15) is 37.7 Å². The molecule has 1 saturated carbocycles. The number of anilines is 1. The molecule has 1 amide bonds. The summed E-state index contributed by atoms with van der Waals surface area (Å²) >= 11 is 0. The van der Waals surface area contributed by atoms with Crippen molar-refractivity contribution in [1.29, 1.82) is 5.26 Å². The molecule has 0 saturated heterocycles. The number of hydrogen-bond acceptors (Lipinski definition) is 3. The second-order valence-electron chi connectivity index (χ2n) is 5.24. The molecular formula is C15H19N3O. The third-order valence-electron chi connectivity index (χ3n) is 3.86. The summed E-state index contributed by atoms with van der Waals surface area (Å²) in [7, 11) is 1.74. The van der Waals surface area contributed by atoms with Gasteiger partial charge in [-0.1, -0.05) is 19.3 Å². The maximum absolute atomic E-state index is 12.5. The second kappa shape index (κ2) is 5.41. The molecule has 1 aromatic rings. The van der Waals surface area contributed by atoms with Crippen molar-refractivity contribution in [2.75, 3.05) is 11.9 Å². The van der Waals surface area contributed by atoms with Crippen LogP contribution in [0.25, 0.3) is 0 Å². The van der Waals surface area contributed by atoms with Crippen LogP contribution in [0.15, 0.2) is 24.3 Å². The largest absolute Gasteiger partial charge is 0.317 e. The highest BCUT2D eigenvalue weighted by Crippen LogP contribution is 2.29. The van der Waals surface area contributed by atoms with Gasteiger partial charge in [0.1, 0.15) is 0 Å². The van der Waals surface area contributed by atoms with Crippen LogP contribution in [0.4, 0.5) is 5.69 Å². The van der Waals surface area contributed by atoms with E-state index in [1.807, 2.05) is 0 Å². The normalized spacial score (nSPS) is 17.5. The number of amides is 1. The van der Waals surface area contributed by atoms with Crippen molar-refractivity contribution in [3.63, 3.8) is 0 Å². The number of likely N-dealkylation sites (N-methyl/N-ethyl adjacent to an activating group) is 1. The molecule has 2 N–H and O–H groups in total. The number of carbonyl (C=O) groups excluding carboxylic acids is 1. The Labute approximate surface area is 113 Å². The Hall–Kier alpha value is -1.86. The van der Waals surface area contributed by atoms with Crippen molar-refractivity contribution in [2.45, 2.75) is 37.6 Å². The SMILES string of the molecule is CN(C(=O)C1(N)CCCCC1)c1ccc(C#N)cc1. The van der Waals surface area contributed by atoms with Gasteiger partial charge in [0.15, 0.2) is 0 Å². The Morgan fingerprint density at radius 3 is 2.37 bits per heavy atom. The van der Waals surface area contributed by atoms with Gasteiger partial charge in [0.2, 0.25) is 5.91 Å². The first-order valence-corrected chi connectivity index (χ1v) is 6.64. The number of nitrogens with zero attached hydrogens (tertiary/aromatic N) is 2. The molecule has 2 rings (SSSR count). The molecule has 0 spiro atoms. The van der Waals surface area contributed by atoms with Gasteiger partial charge in [0.05, 0.1) is 17.2 Å². The van der Waals surface area contributed by atoms with E-state index in [2.05, 4.69) is 6.07 Å². The zero-order chi connectivity index (χ0) is 13.9. The van der Waals surface area contributed by atoms with Gasteiger partial charge in [0, 0.05) is 12.7 Å². The number of hydrogen-bond donors (Lipinski definition) is 1. The third kappa shape index (κ3) is 2.77. The van der Waals surface area contributed by atoms with Gasteiger partial charge in [0.25, 0.3) is 0 Å². The van der Waals surface area contributed by atoms with E-state index < -0.39 is 5.54 Å². The predicted molar refractivity (Wildman–Crippen MR) is 74.6 cm³/mol. The summed E-state index contributed by atoms with van der Waals surface area (Å²) < 4.78 is 0. The summed E-state index contributed by atoms with van der Waals surface area (Å²) in [6.07, 6.45) is 4.71. The molecule has 0 radical (unpaired) electrons. The van der Waals surface area contributed by atoms with Crippen LogP contribution in [0.3, 0.4) is 0 Å². The van der Waals surface area contributed by atoms with Gasteiger partial charge in [-0.2, -0.15) is 5.26 Å². The number of carbonyl (C=O) groups is 1. The van der Waals surface area contributed by atoms with E-state index in [4.69, 9.17) is 11.0 Å². The first-order valence-electron chi connectivity index (χ1n) is 6.64. The second-order valence-corrected chi connectivity index (χ2v) is 5.24. The molecule has 1 aliphatic carbocycles. The topological polar surface area (TPSA) is 70.1 Å². The van der Waals surface area contributed by atoms with E-state index >= 15 is 0 Å². The fraction of sp³-hybridized carbons (Fsp3) is 0.467. The first-order chi connectivity index (χ1) is 9.07. The molecule has 1 aliphatic rings. The van der Waals surface area contributed by atoms with Crippen LogP contribution in [-0.2, 0) is 4.79 Å². The molecule has 0 bridgehead atoms. The van der Waals surface area contributed by atoms with Gasteiger partial charge in [-0.3, -0.25) is 4.79 Å². The molecule has 0 unspecified atom stereocenters. The van der Waals surface area contributed by atoms with Crippen LogP contribution in [0.5, 0.6) is 0 Å². The predicted octanol–water partition coefficient (Wildman–Crippen LogP) is 2.18. The minimum absolute atomic E-state index is 0.0306. The molecule has 100 valence electrons. The summed E-state index contributed by atoms with van der Waals surface area (Å²) in [6, 6.07) is 9.05. The fourth-order valence-corrected chi connectivity index (χ4v) is 2.61. The van der Waals surface area contributed by atoms with Crippen LogP contribution in [0, 0.1) is 11.3 Å². The zero-order valence-corrected chi connectivity index (χ0v) is 11.2. The van der Waals surface area contributed by atoms with Gasteiger partial charge < -0.3 is 10.6 Å². The highest BCUT2D eigenvalue weighted by molar-refractivity contribution is 5.99. The lowest BCUT2D eigenvalue weighted by Gasteiger charge is -2.35. The number of nitrogens with two attached hydrogens (primary N) is 1. The average Bonchev–Trinajstić information content (AvgIpc) is 2.46. The highest BCUT2D eigenvalue weighted by atomic mass is 16.2. The van der Waals surface area contributed by atoms with Crippen molar-refractivity contribution >= 4 is 11.6 Å². The molecule has 0 heterocycles. The standard InChI is InChI=1S/C15H19N3O/c1-18(13-7-5-12(11-16)6-8-13)14(19)15(17)9-3-2-4-10-15/h5-8H,2-4,9-10,17H2,1H3.